The SMILES string of the molecule is CCC(=C/C=C/NC)CC. The van der Waals surface area contributed by atoms with E-state index in [9.17, 15) is 0 Å². The lowest BCUT2D eigenvalue weighted by Gasteiger charge is -1.95. The van der Waals surface area contributed by atoms with E-state index in [1.165, 1.54) is 5.57 Å². The maximum atomic E-state index is 2.95. The molecule has 0 aliphatic heterocycles. The molecule has 0 radical (unpaired) electrons. The van der Waals surface area contributed by atoms with Gasteiger partial charge in [-0.3, -0.25) is 0 Å². The Morgan fingerprint density at radius 1 is 1.30 bits per heavy atom. The molecule has 10 heavy (non-hydrogen) atoms. The van der Waals surface area contributed by atoms with E-state index in [0.717, 1.165) is 12.8 Å². The second-order valence-corrected chi connectivity index (χ2v) is 2.18. The third-order valence-corrected chi connectivity index (χ3v) is 1.50. The molecule has 0 aromatic heterocycles. The smallest absolute Gasteiger partial charge is 0.00277 e. The third kappa shape index (κ3) is 4.19. The zero-order valence-electron chi connectivity index (χ0n) is 7.15. The van der Waals surface area contributed by atoms with E-state index in [0.29, 0.717) is 0 Å². The molecular weight excluding hydrogens is 122 g/mol. The molecule has 0 heterocycles. The summed E-state index contributed by atoms with van der Waals surface area (Å²) in [5.74, 6) is 0. The van der Waals surface area contributed by atoms with Crippen molar-refractivity contribution in [2.75, 3.05) is 7.05 Å². The van der Waals surface area contributed by atoms with Gasteiger partial charge in [-0.05, 0) is 25.1 Å². The third-order valence-electron chi connectivity index (χ3n) is 1.50. The van der Waals surface area contributed by atoms with Gasteiger partial charge in [-0.25, -0.2) is 0 Å². The zero-order valence-corrected chi connectivity index (χ0v) is 7.15. The second kappa shape index (κ2) is 6.40. The summed E-state index contributed by atoms with van der Waals surface area (Å²) in [6, 6.07) is 0. The normalized spacial score (nSPS) is 9.90. The Kier molecular flexibility index (Phi) is 5.94. The van der Waals surface area contributed by atoms with Crippen LogP contribution >= 0.6 is 0 Å². The van der Waals surface area contributed by atoms with Crippen LogP contribution in [0.25, 0.3) is 0 Å². The Balaban J connectivity index is 3.74. The largest absolute Gasteiger partial charge is 0.394 e. The quantitative estimate of drug-likeness (QED) is 0.590. The van der Waals surface area contributed by atoms with Gasteiger partial charge in [-0.2, -0.15) is 0 Å². The van der Waals surface area contributed by atoms with Crippen LogP contribution in [0.15, 0.2) is 23.9 Å². The lowest BCUT2D eigenvalue weighted by Crippen LogP contribution is -1.90. The number of hydrogen-bond donors (Lipinski definition) is 1. The number of rotatable bonds is 4. The van der Waals surface area contributed by atoms with Crippen molar-refractivity contribution in [1.29, 1.82) is 0 Å². The van der Waals surface area contributed by atoms with Gasteiger partial charge < -0.3 is 5.32 Å². The van der Waals surface area contributed by atoms with Crippen molar-refractivity contribution in [3.63, 3.8) is 0 Å². The molecule has 0 saturated carbocycles. The van der Waals surface area contributed by atoms with Crippen molar-refractivity contribution >= 4 is 0 Å². The van der Waals surface area contributed by atoms with Crippen LogP contribution in [-0.2, 0) is 0 Å². The Bertz CT molecular complexity index is 117. The molecule has 1 N–H and O–H groups in total. The molecule has 0 fully saturated rings. The number of nitrogens with one attached hydrogen (secondary N) is 1. The minimum absolute atomic E-state index is 1.16. The monoisotopic (exact) mass is 139 g/mol. The summed E-state index contributed by atoms with van der Waals surface area (Å²) >= 11 is 0. The Morgan fingerprint density at radius 3 is 2.30 bits per heavy atom. The van der Waals surface area contributed by atoms with E-state index in [2.05, 4.69) is 25.2 Å². The molecule has 58 valence electrons. The summed E-state index contributed by atoms with van der Waals surface area (Å²) in [5, 5.41) is 2.95. The molecule has 0 saturated heterocycles. The molecule has 0 aliphatic carbocycles. The maximum Gasteiger partial charge on any atom is 0.00277 e. The average Bonchev–Trinajstić information content (AvgIpc) is 1.99. The molecule has 0 aromatic carbocycles. The molecule has 0 aromatic rings. The van der Waals surface area contributed by atoms with Crippen molar-refractivity contribution in [3.05, 3.63) is 23.9 Å². The number of allylic oxidation sites excluding steroid dienone is 3. The van der Waals surface area contributed by atoms with Gasteiger partial charge in [-0.15, -0.1) is 0 Å². The molecule has 0 spiro atoms. The first kappa shape index (κ1) is 9.28. The second-order valence-electron chi connectivity index (χ2n) is 2.18. The van der Waals surface area contributed by atoms with Crippen molar-refractivity contribution in [1.82, 2.24) is 5.32 Å². The zero-order chi connectivity index (χ0) is 7.82. The molecule has 0 rings (SSSR count). The highest BCUT2D eigenvalue weighted by Crippen LogP contribution is 2.04. The van der Waals surface area contributed by atoms with Gasteiger partial charge in [-0.1, -0.05) is 25.5 Å². The van der Waals surface area contributed by atoms with Crippen molar-refractivity contribution < 1.29 is 0 Å². The van der Waals surface area contributed by atoms with E-state index in [1.807, 2.05) is 19.3 Å². The van der Waals surface area contributed by atoms with Crippen LogP contribution in [0.5, 0.6) is 0 Å². The van der Waals surface area contributed by atoms with Gasteiger partial charge in [0.05, 0.1) is 0 Å². The highest BCUT2D eigenvalue weighted by atomic mass is 14.8. The highest BCUT2D eigenvalue weighted by Gasteiger charge is 1.84. The average molecular weight is 139 g/mol. The van der Waals surface area contributed by atoms with Crippen LogP contribution in [0.4, 0.5) is 0 Å². The van der Waals surface area contributed by atoms with E-state index < -0.39 is 0 Å². The van der Waals surface area contributed by atoms with Gasteiger partial charge in [0.1, 0.15) is 0 Å². The minimum Gasteiger partial charge on any atom is -0.394 e. The van der Waals surface area contributed by atoms with Crippen molar-refractivity contribution in [3.8, 4) is 0 Å². The fraction of sp³-hybridized carbons (Fsp3) is 0.556. The summed E-state index contributed by atoms with van der Waals surface area (Å²) in [6.45, 7) is 4.37. The van der Waals surface area contributed by atoms with Crippen LogP contribution < -0.4 is 5.32 Å². The summed E-state index contributed by atoms with van der Waals surface area (Å²) in [7, 11) is 1.90. The first-order chi connectivity index (χ1) is 4.85. The standard InChI is InChI=1S/C9H17N/c1-4-9(5-2)7-6-8-10-3/h6-8,10H,4-5H2,1-3H3/b8-6+. The van der Waals surface area contributed by atoms with Gasteiger partial charge in [0.25, 0.3) is 0 Å². The highest BCUT2D eigenvalue weighted by molar-refractivity contribution is 5.10. The predicted octanol–water partition coefficient (Wildman–Crippen LogP) is 2.47. The fourth-order valence-electron chi connectivity index (χ4n) is 0.766. The lowest BCUT2D eigenvalue weighted by molar-refractivity contribution is 0.977. The molecule has 0 bridgehead atoms. The van der Waals surface area contributed by atoms with E-state index >= 15 is 0 Å². The first-order valence-corrected chi connectivity index (χ1v) is 3.87. The van der Waals surface area contributed by atoms with Crippen LogP contribution in [0.1, 0.15) is 26.7 Å². The van der Waals surface area contributed by atoms with E-state index in [4.69, 9.17) is 0 Å². The van der Waals surface area contributed by atoms with Crippen molar-refractivity contribution in [2.45, 2.75) is 26.7 Å². The topological polar surface area (TPSA) is 12.0 Å². The maximum absolute atomic E-state index is 2.95. The molecule has 0 unspecified atom stereocenters. The van der Waals surface area contributed by atoms with Gasteiger partial charge in [0.15, 0.2) is 0 Å². The first-order valence-electron chi connectivity index (χ1n) is 3.87. The van der Waals surface area contributed by atoms with Gasteiger partial charge >= 0.3 is 0 Å². The minimum atomic E-state index is 1.16. The van der Waals surface area contributed by atoms with Crippen molar-refractivity contribution in [2.24, 2.45) is 0 Å². The van der Waals surface area contributed by atoms with Crippen LogP contribution in [0.2, 0.25) is 0 Å². The lowest BCUT2D eigenvalue weighted by atomic mass is 10.1. The predicted molar refractivity (Wildman–Crippen MR) is 46.9 cm³/mol. The molecular formula is C9H17N. The summed E-state index contributed by atoms with van der Waals surface area (Å²) in [4.78, 5) is 0. The van der Waals surface area contributed by atoms with Gasteiger partial charge in [0, 0.05) is 7.05 Å². The van der Waals surface area contributed by atoms with E-state index in [-0.39, 0.29) is 0 Å². The molecule has 1 heteroatoms. The summed E-state index contributed by atoms with van der Waals surface area (Å²) in [5.41, 5.74) is 1.49. The van der Waals surface area contributed by atoms with Crippen LogP contribution in [0, 0.1) is 0 Å². The molecule has 0 amide bonds. The van der Waals surface area contributed by atoms with Crippen LogP contribution in [0.3, 0.4) is 0 Å². The van der Waals surface area contributed by atoms with E-state index in [1.54, 1.807) is 0 Å². The molecule has 0 atom stereocenters. The Hall–Kier alpha value is -0.720. The Morgan fingerprint density at radius 2 is 1.90 bits per heavy atom. The fourth-order valence-corrected chi connectivity index (χ4v) is 0.766. The van der Waals surface area contributed by atoms with Gasteiger partial charge in [0.2, 0.25) is 0 Å². The molecule has 0 aliphatic rings. The van der Waals surface area contributed by atoms with Crippen LogP contribution in [-0.4, -0.2) is 7.05 Å². The summed E-state index contributed by atoms with van der Waals surface area (Å²) < 4.78 is 0. The summed E-state index contributed by atoms with van der Waals surface area (Å²) in [6.07, 6.45) is 8.46. The molecule has 1 nitrogen and oxygen atoms in total. The number of hydrogen-bond acceptors (Lipinski definition) is 1. The Labute approximate surface area is 63.8 Å².